The molecule has 4 heteroatoms. The third-order valence-electron chi connectivity index (χ3n) is 3.17. The number of rotatable bonds is 5. The average Bonchev–Trinajstić information content (AvgIpc) is 2.40. The fourth-order valence-corrected chi connectivity index (χ4v) is 2.28. The molecule has 0 N–H and O–H groups in total. The van der Waals surface area contributed by atoms with E-state index in [1.165, 1.54) is 19.8 Å². The van der Waals surface area contributed by atoms with Crippen molar-refractivity contribution in [1.82, 2.24) is 0 Å². The minimum absolute atomic E-state index is 0.0956. The van der Waals surface area contributed by atoms with Crippen molar-refractivity contribution in [3.8, 4) is 0 Å². The first-order valence-corrected chi connectivity index (χ1v) is 6.04. The lowest BCUT2D eigenvalue weighted by atomic mass is 9.94. The number of ketones is 1. The lowest BCUT2D eigenvalue weighted by molar-refractivity contribution is -0.159. The molecule has 0 radical (unpaired) electrons. The van der Waals surface area contributed by atoms with Gasteiger partial charge in [0.15, 0.2) is 5.78 Å². The van der Waals surface area contributed by atoms with Crippen LogP contribution in [0.2, 0.25) is 0 Å². The van der Waals surface area contributed by atoms with Gasteiger partial charge in [0.05, 0.1) is 12.7 Å². The van der Waals surface area contributed by atoms with Crippen LogP contribution in [0.25, 0.3) is 0 Å². The van der Waals surface area contributed by atoms with Gasteiger partial charge in [0.2, 0.25) is 6.29 Å². The molecule has 1 atom stereocenters. The molecule has 0 fully saturated rings. The van der Waals surface area contributed by atoms with Gasteiger partial charge in [-0.15, -0.1) is 0 Å². The maximum absolute atomic E-state index is 12.0. The van der Waals surface area contributed by atoms with Crippen LogP contribution in [0.3, 0.4) is 0 Å². The molecule has 0 saturated carbocycles. The fraction of sp³-hybridized carbons (Fsp3) is 0.500. The first-order valence-electron chi connectivity index (χ1n) is 6.04. The molecule has 0 aromatic heterocycles. The van der Waals surface area contributed by atoms with Gasteiger partial charge in [-0.1, -0.05) is 24.3 Å². The molecule has 1 aromatic rings. The smallest absolute Gasteiger partial charge is 0.217 e. The molecular formula is C14H18O4. The van der Waals surface area contributed by atoms with Crippen LogP contribution in [0.15, 0.2) is 24.3 Å². The Morgan fingerprint density at radius 1 is 1.39 bits per heavy atom. The summed E-state index contributed by atoms with van der Waals surface area (Å²) in [5, 5.41) is 0. The second-order valence-corrected chi connectivity index (χ2v) is 4.28. The van der Waals surface area contributed by atoms with Crippen molar-refractivity contribution in [1.29, 1.82) is 0 Å². The van der Waals surface area contributed by atoms with E-state index in [2.05, 4.69) is 6.07 Å². The molecule has 4 nitrogen and oxygen atoms in total. The first kappa shape index (κ1) is 13.2. The van der Waals surface area contributed by atoms with Crippen LogP contribution < -0.4 is 0 Å². The molecule has 0 spiro atoms. The maximum Gasteiger partial charge on any atom is 0.217 e. The summed E-state index contributed by atoms with van der Waals surface area (Å²) in [7, 11) is 2.92. The average molecular weight is 250 g/mol. The number of Topliss-reactive ketones (excluding diaryl/α,β-unsaturated/α-hetero) is 1. The zero-order valence-electron chi connectivity index (χ0n) is 10.7. The predicted molar refractivity (Wildman–Crippen MR) is 66.3 cm³/mol. The van der Waals surface area contributed by atoms with Gasteiger partial charge >= 0.3 is 0 Å². The molecular weight excluding hydrogens is 232 g/mol. The molecule has 0 bridgehead atoms. The second kappa shape index (κ2) is 6.09. The number of carbonyl (C=O) groups is 1. The Balaban J connectivity index is 2.09. The van der Waals surface area contributed by atoms with Gasteiger partial charge in [-0.25, -0.2) is 0 Å². The Morgan fingerprint density at radius 2 is 2.11 bits per heavy atom. The molecule has 1 aliphatic heterocycles. The van der Waals surface area contributed by atoms with Crippen LogP contribution in [-0.4, -0.2) is 32.9 Å². The van der Waals surface area contributed by atoms with Crippen molar-refractivity contribution < 1.29 is 19.0 Å². The number of carbonyl (C=O) groups excluding carboxylic acids is 1. The van der Waals surface area contributed by atoms with Gasteiger partial charge in [0, 0.05) is 20.6 Å². The van der Waals surface area contributed by atoms with Crippen molar-refractivity contribution in [2.75, 3.05) is 20.8 Å². The van der Waals surface area contributed by atoms with Crippen LogP contribution in [0.4, 0.5) is 0 Å². The highest BCUT2D eigenvalue weighted by Crippen LogP contribution is 2.30. The van der Waals surface area contributed by atoms with E-state index in [4.69, 9.17) is 14.2 Å². The van der Waals surface area contributed by atoms with E-state index >= 15 is 0 Å². The summed E-state index contributed by atoms with van der Waals surface area (Å²) in [6.07, 6.45) is 0.195. The SMILES string of the molecule is COC(OC)C(=O)CC1OCCc2ccccc21. The quantitative estimate of drug-likeness (QED) is 0.748. The van der Waals surface area contributed by atoms with E-state index in [9.17, 15) is 4.79 Å². The largest absolute Gasteiger partial charge is 0.373 e. The molecule has 98 valence electrons. The molecule has 2 rings (SSSR count). The minimum Gasteiger partial charge on any atom is -0.373 e. The summed E-state index contributed by atoms with van der Waals surface area (Å²) in [5.74, 6) is -0.0956. The zero-order chi connectivity index (χ0) is 13.0. The fourth-order valence-electron chi connectivity index (χ4n) is 2.28. The summed E-state index contributed by atoms with van der Waals surface area (Å²) in [6.45, 7) is 0.652. The summed E-state index contributed by atoms with van der Waals surface area (Å²) < 4.78 is 15.6. The molecule has 0 amide bonds. The Bertz CT molecular complexity index is 412. The van der Waals surface area contributed by atoms with Gasteiger partial charge < -0.3 is 14.2 Å². The Hall–Kier alpha value is -1.23. The van der Waals surface area contributed by atoms with Crippen molar-refractivity contribution in [3.63, 3.8) is 0 Å². The third kappa shape index (κ3) is 2.77. The van der Waals surface area contributed by atoms with Gasteiger partial charge in [-0.2, -0.15) is 0 Å². The van der Waals surface area contributed by atoms with Gasteiger partial charge in [-0.05, 0) is 17.5 Å². The van der Waals surface area contributed by atoms with E-state index < -0.39 is 6.29 Å². The third-order valence-corrected chi connectivity index (χ3v) is 3.17. The molecule has 1 aliphatic rings. The number of methoxy groups -OCH3 is 2. The Labute approximate surface area is 107 Å². The van der Waals surface area contributed by atoms with E-state index in [1.807, 2.05) is 18.2 Å². The van der Waals surface area contributed by atoms with Crippen molar-refractivity contribution in [3.05, 3.63) is 35.4 Å². The van der Waals surface area contributed by atoms with Crippen molar-refractivity contribution >= 4 is 5.78 Å². The lowest BCUT2D eigenvalue weighted by Crippen LogP contribution is -2.28. The molecule has 0 saturated heterocycles. The molecule has 18 heavy (non-hydrogen) atoms. The Morgan fingerprint density at radius 3 is 2.83 bits per heavy atom. The van der Waals surface area contributed by atoms with Gasteiger partial charge in [0.25, 0.3) is 0 Å². The second-order valence-electron chi connectivity index (χ2n) is 4.28. The van der Waals surface area contributed by atoms with Crippen LogP contribution in [0.1, 0.15) is 23.7 Å². The van der Waals surface area contributed by atoms with Crippen LogP contribution >= 0.6 is 0 Å². The number of hydrogen-bond acceptors (Lipinski definition) is 4. The van der Waals surface area contributed by atoms with E-state index in [0.717, 1.165) is 12.0 Å². The minimum atomic E-state index is -0.803. The molecule has 1 unspecified atom stereocenters. The highest BCUT2D eigenvalue weighted by Gasteiger charge is 2.26. The highest BCUT2D eigenvalue weighted by atomic mass is 16.7. The monoisotopic (exact) mass is 250 g/mol. The maximum atomic E-state index is 12.0. The van der Waals surface area contributed by atoms with Crippen molar-refractivity contribution in [2.45, 2.75) is 25.2 Å². The van der Waals surface area contributed by atoms with Crippen molar-refractivity contribution in [2.24, 2.45) is 0 Å². The molecule has 1 aromatic carbocycles. The molecule has 1 heterocycles. The van der Waals surface area contributed by atoms with Crippen LogP contribution in [0.5, 0.6) is 0 Å². The topological polar surface area (TPSA) is 44.8 Å². The van der Waals surface area contributed by atoms with E-state index in [0.29, 0.717) is 6.61 Å². The van der Waals surface area contributed by atoms with Crippen LogP contribution in [-0.2, 0) is 25.4 Å². The van der Waals surface area contributed by atoms with Crippen LogP contribution in [0, 0.1) is 0 Å². The molecule has 0 aliphatic carbocycles. The Kier molecular flexibility index (Phi) is 4.47. The number of hydrogen-bond donors (Lipinski definition) is 0. The standard InChI is InChI=1S/C14H18O4/c1-16-14(17-2)12(15)9-13-11-6-4-3-5-10(11)7-8-18-13/h3-6,13-14H,7-9H2,1-2H3. The summed E-state index contributed by atoms with van der Waals surface area (Å²) in [4.78, 5) is 12.0. The summed E-state index contributed by atoms with van der Waals surface area (Å²) in [5.41, 5.74) is 2.36. The van der Waals surface area contributed by atoms with Gasteiger partial charge in [0.1, 0.15) is 0 Å². The number of benzene rings is 1. The highest BCUT2D eigenvalue weighted by molar-refractivity contribution is 5.82. The number of fused-ring (bicyclic) bond motifs is 1. The van der Waals surface area contributed by atoms with E-state index in [1.54, 1.807) is 0 Å². The summed E-state index contributed by atoms with van der Waals surface area (Å²) in [6, 6.07) is 8.08. The lowest BCUT2D eigenvalue weighted by Gasteiger charge is -2.26. The van der Waals surface area contributed by atoms with E-state index in [-0.39, 0.29) is 18.3 Å². The predicted octanol–water partition coefficient (Wildman–Crippen LogP) is 1.88. The normalized spacial score (nSPS) is 18.7. The zero-order valence-corrected chi connectivity index (χ0v) is 10.7. The summed E-state index contributed by atoms with van der Waals surface area (Å²) >= 11 is 0. The first-order chi connectivity index (χ1) is 8.76. The van der Waals surface area contributed by atoms with Gasteiger partial charge in [-0.3, -0.25) is 4.79 Å². The number of ether oxygens (including phenoxy) is 3.